The van der Waals surface area contributed by atoms with Crippen LogP contribution in [0.4, 0.5) is 0 Å². The van der Waals surface area contributed by atoms with Crippen molar-refractivity contribution in [1.82, 2.24) is 0 Å². The van der Waals surface area contributed by atoms with E-state index in [0.717, 1.165) is 25.7 Å². The molecule has 4 aromatic carbocycles. The van der Waals surface area contributed by atoms with Crippen LogP contribution >= 0.6 is 0 Å². The minimum Gasteiger partial charge on any atom is -0.394 e. The van der Waals surface area contributed by atoms with Crippen molar-refractivity contribution in [3.05, 3.63) is 140 Å². The molecule has 9 heteroatoms. The van der Waals surface area contributed by atoms with Crippen LogP contribution in [0.2, 0.25) is 0 Å². The SMILES string of the molecule is CCC([Si]O[Si](O[Si]C(CC)c1cccc(C)c1C)(O[Si]C(CC)c1cccc(C)c1C)O[Si]C(CC)c1cccc(C)c1C)c1cccc(C)c1C. The predicted molar refractivity (Wildman–Crippen MR) is 229 cm³/mol. The minimum atomic E-state index is -3.72. The maximum absolute atomic E-state index is 7.21. The summed E-state index contributed by atoms with van der Waals surface area (Å²) in [7, 11) is -3.14. The van der Waals surface area contributed by atoms with Gasteiger partial charge in [0.05, 0.1) is 0 Å². The monoisotopic (exact) mass is 792 g/mol. The summed E-state index contributed by atoms with van der Waals surface area (Å²) in [6, 6.07) is 26.5. The highest BCUT2D eigenvalue weighted by Crippen LogP contribution is 2.32. The zero-order valence-corrected chi connectivity index (χ0v) is 39.2. The van der Waals surface area contributed by atoms with Crippen molar-refractivity contribution >= 4 is 48.1 Å². The van der Waals surface area contributed by atoms with E-state index in [1.807, 2.05) is 0 Å². The summed E-state index contributed by atoms with van der Waals surface area (Å²) in [6.45, 7) is 26.8. The van der Waals surface area contributed by atoms with Gasteiger partial charge in [-0.2, -0.15) is 0 Å². The number of hydrogen-bond acceptors (Lipinski definition) is 4. The van der Waals surface area contributed by atoms with E-state index >= 15 is 0 Å². The molecule has 0 aromatic heterocycles. The lowest BCUT2D eigenvalue weighted by molar-refractivity contribution is 0.169. The van der Waals surface area contributed by atoms with Crippen LogP contribution in [0, 0.1) is 55.4 Å². The van der Waals surface area contributed by atoms with Crippen LogP contribution in [0.15, 0.2) is 72.8 Å². The molecule has 0 bridgehead atoms. The molecule has 0 saturated heterocycles. The molecule has 0 aliphatic heterocycles. The molecule has 8 radical (unpaired) electrons. The molecular weight excluding hydrogens is 733 g/mol. The van der Waals surface area contributed by atoms with E-state index in [9.17, 15) is 0 Å². The molecule has 4 unspecified atom stereocenters. The number of benzene rings is 4. The molecular formula is C44H60O4Si5. The fourth-order valence-corrected chi connectivity index (χ4v) is 17.0. The molecule has 0 saturated carbocycles. The minimum absolute atomic E-state index is 0.144. The van der Waals surface area contributed by atoms with Crippen molar-refractivity contribution in [3.8, 4) is 0 Å². The summed E-state index contributed by atoms with van der Waals surface area (Å²) >= 11 is 0. The van der Waals surface area contributed by atoms with Gasteiger partial charge in [0.15, 0.2) is 0 Å². The van der Waals surface area contributed by atoms with E-state index in [2.05, 4.69) is 156 Å². The third-order valence-corrected chi connectivity index (χ3v) is 20.9. The Kier molecular flexibility index (Phi) is 17.0. The van der Waals surface area contributed by atoms with Gasteiger partial charge in [0.25, 0.3) is 0 Å². The normalized spacial score (nSPS) is 15.2. The van der Waals surface area contributed by atoms with E-state index in [-0.39, 0.29) is 61.2 Å². The molecule has 53 heavy (non-hydrogen) atoms. The van der Waals surface area contributed by atoms with Gasteiger partial charge in [0.2, 0.25) is 39.1 Å². The van der Waals surface area contributed by atoms with Crippen LogP contribution in [-0.4, -0.2) is 48.1 Å². The number of hydrogen-bond donors (Lipinski definition) is 0. The van der Waals surface area contributed by atoms with Crippen LogP contribution in [0.1, 0.15) is 142 Å². The Morgan fingerprint density at radius 3 is 0.774 bits per heavy atom. The van der Waals surface area contributed by atoms with Crippen molar-refractivity contribution in [2.24, 2.45) is 0 Å². The fourth-order valence-electron chi connectivity index (χ4n) is 6.77. The van der Waals surface area contributed by atoms with Gasteiger partial charge in [0, 0.05) is 22.2 Å². The van der Waals surface area contributed by atoms with Crippen molar-refractivity contribution in [2.45, 2.75) is 131 Å². The van der Waals surface area contributed by atoms with E-state index in [4.69, 9.17) is 16.5 Å². The standard InChI is InChI=1S/C44H60O4Si5/c1-13-41(37-25-17-21-29(5)33(37)9)49-45-53(46-50-42(14-2)38-26-18-22-30(6)34(38)10,47-51-43(15-3)39-27-19-23-31(7)35(39)11)48-52-44(16-4)40-28-20-24-32(8)36(40)12/h17-28,41-44H,13-16H2,1-12H3. The largest absolute Gasteiger partial charge is 0.636 e. The second kappa shape index (κ2) is 20.6. The predicted octanol–water partition coefficient (Wildman–Crippen LogP) is 11.0. The van der Waals surface area contributed by atoms with Crippen LogP contribution in [-0.2, 0) is 16.5 Å². The molecule has 4 nitrogen and oxygen atoms in total. The van der Waals surface area contributed by atoms with Crippen LogP contribution in [0.3, 0.4) is 0 Å². The van der Waals surface area contributed by atoms with E-state index in [0.29, 0.717) is 0 Å². The molecule has 4 atom stereocenters. The lowest BCUT2D eigenvalue weighted by Gasteiger charge is -2.34. The lowest BCUT2D eigenvalue weighted by atomic mass is 10.00. The maximum atomic E-state index is 7.21. The van der Waals surface area contributed by atoms with Gasteiger partial charge < -0.3 is 16.5 Å². The molecule has 4 aromatic rings. The van der Waals surface area contributed by atoms with Gasteiger partial charge >= 0.3 is 9.05 Å². The molecule has 0 aliphatic rings. The molecule has 280 valence electrons. The van der Waals surface area contributed by atoms with Gasteiger partial charge in [-0.3, -0.25) is 0 Å². The second-order valence-corrected chi connectivity index (χ2v) is 22.4. The van der Waals surface area contributed by atoms with Gasteiger partial charge in [0.1, 0.15) is 0 Å². The van der Waals surface area contributed by atoms with Gasteiger partial charge in [-0.1, -0.05) is 100 Å². The van der Waals surface area contributed by atoms with E-state index in [1.54, 1.807) is 0 Å². The zero-order valence-electron chi connectivity index (χ0n) is 34.2. The summed E-state index contributed by atoms with van der Waals surface area (Å²) < 4.78 is 28.8. The Balaban J connectivity index is 1.78. The Morgan fingerprint density at radius 1 is 0.377 bits per heavy atom. The van der Waals surface area contributed by atoms with E-state index in [1.165, 1.54) is 66.8 Å². The van der Waals surface area contributed by atoms with E-state index < -0.39 is 9.05 Å². The molecule has 0 spiro atoms. The summed E-state index contributed by atoms with van der Waals surface area (Å²) in [5.41, 5.74) is 16.8. The quantitative estimate of drug-likeness (QED) is 0.0836. The first-order valence-corrected chi connectivity index (χ1v) is 25.0. The highest BCUT2D eigenvalue weighted by molar-refractivity contribution is 6.72. The first-order valence-electron chi connectivity index (χ1n) is 19.4. The second-order valence-electron chi connectivity index (χ2n) is 14.4. The Hall–Kier alpha value is -2.20. The molecule has 0 N–H and O–H groups in total. The first-order chi connectivity index (χ1) is 25.4. The first kappa shape index (κ1) is 43.5. The van der Waals surface area contributed by atoms with Gasteiger partial charge in [-0.15, -0.1) is 0 Å². The van der Waals surface area contributed by atoms with Crippen molar-refractivity contribution in [3.63, 3.8) is 0 Å². The Labute approximate surface area is 333 Å². The van der Waals surface area contributed by atoms with Crippen LogP contribution < -0.4 is 0 Å². The maximum Gasteiger partial charge on any atom is 0.636 e. The number of aryl methyl sites for hydroxylation is 4. The summed E-state index contributed by atoms with van der Waals surface area (Å²) in [6.07, 6.45) is 3.83. The summed E-state index contributed by atoms with van der Waals surface area (Å²) in [5.74, 6) is 0. The van der Waals surface area contributed by atoms with Crippen molar-refractivity contribution < 1.29 is 16.5 Å². The third-order valence-electron chi connectivity index (χ3n) is 11.0. The highest BCUT2D eigenvalue weighted by Gasteiger charge is 2.47. The van der Waals surface area contributed by atoms with Crippen LogP contribution in [0.5, 0.6) is 0 Å². The average Bonchev–Trinajstić information content (AvgIpc) is 3.15. The van der Waals surface area contributed by atoms with Gasteiger partial charge in [-0.05, 0) is 148 Å². The zero-order chi connectivity index (χ0) is 38.7. The topological polar surface area (TPSA) is 36.9 Å². The Morgan fingerprint density at radius 2 is 0.585 bits per heavy atom. The fraction of sp³-hybridized carbons (Fsp3) is 0.455. The van der Waals surface area contributed by atoms with Crippen molar-refractivity contribution in [1.29, 1.82) is 0 Å². The molecule has 0 aliphatic carbocycles. The number of rotatable bonds is 20. The highest BCUT2D eigenvalue weighted by atomic mass is 28.5. The van der Waals surface area contributed by atoms with Gasteiger partial charge in [-0.25, -0.2) is 0 Å². The third kappa shape index (κ3) is 11.0. The lowest BCUT2D eigenvalue weighted by Crippen LogP contribution is -2.54. The Bertz CT molecular complexity index is 1520. The summed E-state index contributed by atoms with van der Waals surface area (Å²) in [5, 5.41) is 0. The average molecular weight is 793 g/mol. The molecule has 4 rings (SSSR count). The smallest absolute Gasteiger partial charge is 0.394 e. The van der Waals surface area contributed by atoms with Crippen molar-refractivity contribution in [2.75, 3.05) is 0 Å². The molecule has 0 heterocycles. The molecule has 0 fully saturated rings. The summed E-state index contributed by atoms with van der Waals surface area (Å²) in [4.78, 5) is 0. The molecule has 0 amide bonds. The van der Waals surface area contributed by atoms with Crippen LogP contribution in [0.25, 0.3) is 0 Å².